The molecule has 2 rings (SSSR count). The number of thioether (sulfide) groups is 1. The van der Waals surface area contributed by atoms with E-state index in [0.717, 1.165) is 27.7 Å². The van der Waals surface area contributed by atoms with Gasteiger partial charge < -0.3 is 9.84 Å². The van der Waals surface area contributed by atoms with Crippen LogP contribution in [0.3, 0.4) is 0 Å². The Morgan fingerprint density at radius 3 is 2.95 bits per heavy atom. The van der Waals surface area contributed by atoms with E-state index in [2.05, 4.69) is 21.8 Å². The van der Waals surface area contributed by atoms with Crippen molar-refractivity contribution in [3.05, 3.63) is 47.9 Å². The zero-order chi connectivity index (χ0) is 14.9. The fourth-order valence-electron chi connectivity index (χ4n) is 1.67. The lowest BCUT2D eigenvalue weighted by molar-refractivity contribution is 0.305. The number of aliphatic hydroxyl groups excluding tert-OH is 1. The van der Waals surface area contributed by atoms with Crippen molar-refractivity contribution in [3.63, 3.8) is 0 Å². The number of aromatic nitrogens is 2. The molecule has 0 saturated carbocycles. The average molecular weight is 300 g/mol. The lowest BCUT2D eigenvalue weighted by Crippen LogP contribution is -1.92. The average Bonchev–Trinajstić information content (AvgIpc) is 2.55. The Morgan fingerprint density at radius 2 is 2.24 bits per heavy atom. The Morgan fingerprint density at radius 1 is 1.33 bits per heavy atom. The molecular formula is C16H16N2O2S. The molecule has 0 fully saturated rings. The van der Waals surface area contributed by atoms with E-state index in [4.69, 9.17) is 9.84 Å². The van der Waals surface area contributed by atoms with Crippen LogP contribution in [0.5, 0.6) is 5.75 Å². The summed E-state index contributed by atoms with van der Waals surface area (Å²) in [5.41, 5.74) is 2.04. The van der Waals surface area contributed by atoms with Gasteiger partial charge in [-0.2, -0.15) is 0 Å². The van der Waals surface area contributed by atoms with E-state index in [1.165, 1.54) is 6.33 Å². The minimum Gasteiger partial charge on any atom is -0.497 e. The Kier molecular flexibility index (Phi) is 6.07. The van der Waals surface area contributed by atoms with Crippen molar-refractivity contribution < 1.29 is 9.84 Å². The van der Waals surface area contributed by atoms with E-state index in [1.807, 2.05) is 24.3 Å². The summed E-state index contributed by atoms with van der Waals surface area (Å²) in [5.74, 6) is 7.60. The number of hydrogen-bond donors (Lipinski definition) is 1. The number of benzene rings is 1. The van der Waals surface area contributed by atoms with Crippen molar-refractivity contribution in [2.45, 2.75) is 17.2 Å². The third-order valence-electron chi connectivity index (χ3n) is 2.70. The summed E-state index contributed by atoms with van der Waals surface area (Å²) >= 11 is 1.62. The van der Waals surface area contributed by atoms with Gasteiger partial charge in [-0.25, -0.2) is 9.97 Å². The highest BCUT2D eigenvalue weighted by Gasteiger charge is 2.04. The van der Waals surface area contributed by atoms with E-state index < -0.39 is 0 Å². The zero-order valence-electron chi connectivity index (χ0n) is 11.7. The van der Waals surface area contributed by atoms with Crippen molar-refractivity contribution in [2.75, 3.05) is 13.7 Å². The SMILES string of the molecule is COc1ccc(C#CCCO)c(CSc2ccncn2)c1. The summed E-state index contributed by atoms with van der Waals surface area (Å²) in [6, 6.07) is 7.69. The molecule has 1 aromatic heterocycles. The molecule has 2 aromatic rings. The van der Waals surface area contributed by atoms with Crippen molar-refractivity contribution in [2.24, 2.45) is 0 Å². The van der Waals surface area contributed by atoms with Crippen LogP contribution in [-0.2, 0) is 5.75 Å². The fourth-order valence-corrected chi connectivity index (χ4v) is 2.49. The second kappa shape index (κ2) is 8.30. The standard InChI is InChI=1S/C16H16N2O2S/c1-20-15-6-5-13(4-2-3-9-19)14(10-15)11-21-16-7-8-17-12-18-16/h5-8,10,12,19H,3,9,11H2,1H3. The van der Waals surface area contributed by atoms with E-state index in [1.54, 1.807) is 25.1 Å². The van der Waals surface area contributed by atoms with Gasteiger partial charge in [0.25, 0.3) is 0 Å². The Bertz CT molecular complexity index is 636. The first-order valence-electron chi connectivity index (χ1n) is 6.49. The van der Waals surface area contributed by atoms with Crippen molar-refractivity contribution in [1.82, 2.24) is 9.97 Å². The molecule has 0 aliphatic heterocycles. The number of ether oxygens (including phenoxy) is 1. The predicted molar refractivity (Wildman–Crippen MR) is 83.2 cm³/mol. The van der Waals surface area contributed by atoms with Crippen LogP contribution in [0.2, 0.25) is 0 Å². The molecule has 0 radical (unpaired) electrons. The molecule has 0 unspecified atom stereocenters. The Balaban J connectivity index is 2.17. The first kappa shape index (κ1) is 15.4. The first-order chi connectivity index (χ1) is 10.3. The van der Waals surface area contributed by atoms with Crippen LogP contribution in [0.15, 0.2) is 41.8 Å². The molecule has 1 heterocycles. The third kappa shape index (κ3) is 4.78. The molecule has 1 aromatic carbocycles. The van der Waals surface area contributed by atoms with Gasteiger partial charge in [-0.05, 0) is 29.8 Å². The van der Waals surface area contributed by atoms with E-state index in [0.29, 0.717) is 6.42 Å². The second-order valence-corrected chi connectivity index (χ2v) is 5.13. The molecule has 0 atom stereocenters. The summed E-state index contributed by atoms with van der Waals surface area (Å²) in [6.07, 6.45) is 3.74. The maximum Gasteiger partial charge on any atom is 0.119 e. The molecule has 0 spiro atoms. The van der Waals surface area contributed by atoms with E-state index in [9.17, 15) is 0 Å². The maximum atomic E-state index is 8.81. The normalized spacial score (nSPS) is 9.81. The molecular weight excluding hydrogens is 284 g/mol. The second-order valence-electron chi connectivity index (χ2n) is 4.13. The third-order valence-corrected chi connectivity index (χ3v) is 3.70. The molecule has 0 amide bonds. The molecule has 0 aliphatic rings. The molecule has 5 heteroatoms. The van der Waals surface area contributed by atoms with Gasteiger partial charge in [0, 0.05) is 23.9 Å². The number of hydrogen-bond acceptors (Lipinski definition) is 5. The van der Waals surface area contributed by atoms with Crippen LogP contribution in [-0.4, -0.2) is 28.8 Å². The number of rotatable bonds is 5. The van der Waals surface area contributed by atoms with Crippen LogP contribution >= 0.6 is 11.8 Å². The minimum absolute atomic E-state index is 0.0776. The topological polar surface area (TPSA) is 55.2 Å². The predicted octanol–water partition coefficient (Wildman–Crippen LogP) is 2.51. The molecule has 4 nitrogen and oxygen atoms in total. The summed E-state index contributed by atoms with van der Waals surface area (Å²) in [4.78, 5) is 8.10. The zero-order valence-corrected chi connectivity index (χ0v) is 12.6. The lowest BCUT2D eigenvalue weighted by atomic mass is 10.1. The summed E-state index contributed by atoms with van der Waals surface area (Å²) in [5, 5.41) is 9.73. The van der Waals surface area contributed by atoms with Crippen LogP contribution in [0.25, 0.3) is 0 Å². The highest BCUT2D eigenvalue weighted by Crippen LogP contribution is 2.25. The van der Waals surface area contributed by atoms with Crippen molar-refractivity contribution in [3.8, 4) is 17.6 Å². The highest BCUT2D eigenvalue weighted by molar-refractivity contribution is 7.98. The number of methoxy groups -OCH3 is 1. The Labute approximate surface area is 128 Å². The highest BCUT2D eigenvalue weighted by atomic mass is 32.2. The quantitative estimate of drug-likeness (QED) is 0.522. The number of nitrogens with zero attached hydrogens (tertiary/aromatic N) is 2. The van der Waals surface area contributed by atoms with E-state index >= 15 is 0 Å². The minimum atomic E-state index is 0.0776. The van der Waals surface area contributed by atoms with Gasteiger partial charge in [0.1, 0.15) is 12.1 Å². The largest absolute Gasteiger partial charge is 0.497 e. The summed E-state index contributed by atoms with van der Waals surface area (Å²) < 4.78 is 5.26. The molecule has 1 N–H and O–H groups in total. The molecule has 108 valence electrons. The summed E-state index contributed by atoms with van der Waals surface area (Å²) in [6.45, 7) is 0.0776. The summed E-state index contributed by atoms with van der Waals surface area (Å²) in [7, 11) is 1.65. The van der Waals surface area contributed by atoms with Crippen molar-refractivity contribution >= 4 is 11.8 Å². The Hall–Kier alpha value is -2.03. The van der Waals surface area contributed by atoms with Gasteiger partial charge in [0.15, 0.2) is 0 Å². The van der Waals surface area contributed by atoms with Crippen LogP contribution in [0.1, 0.15) is 17.5 Å². The monoisotopic (exact) mass is 300 g/mol. The van der Waals surface area contributed by atoms with Gasteiger partial charge in [0.05, 0.1) is 18.7 Å². The smallest absolute Gasteiger partial charge is 0.119 e. The number of aliphatic hydroxyl groups is 1. The van der Waals surface area contributed by atoms with Gasteiger partial charge in [-0.15, -0.1) is 11.8 Å². The van der Waals surface area contributed by atoms with Crippen LogP contribution < -0.4 is 4.74 Å². The maximum absolute atomic E-state index is 8.81. The van der Waals surface area contributed by atoms with Crippen LogP contribution in [0.4, 0.5) is 0 Å². The first-order valence-corrected chi connectivity index (χ1v) is 7.47. The van der Waals surface area contributed by atoms with Crippen molar-refractivity contribution in [1.29, 1.82) is 0 Å². The molecule has 21 heavy (non-hydrogen) atoms. The molecule has 0 aliphatic carbocycles. The molecule has 0 bridgehead atoms. The van der Waals surface area contributed by atoms with Gasteiger partial charge in [0.2, 0.25) is 0 Å². The van der Waals surface area contributed by atoms with Crippen LogP contribution in [0, 0.1) is 11.8 Å². The fraction of sp³-hybridized carbons (Fsp3) is 0.250. The lowest BCUT2D eigenvalue weighted by Gasteiger charge is -2.07. The van der Waals surface area contributed by atoms with Gasteiger partial charge >= 0.3 is 0 Å². The van der Waals surface area contributed by atoms with E-state index in [-0.39, 0.29) is 6.61 Å². The molecule has 0 saturated heterocycles. The van der Waals surface area contributed by atoms with Gasteiger partial charge in [-0.3, -0.25) is 0 Å². The van der Waals surface area contributed by atoms with Gasteiger partial charge in [-0.1, -0.05) is 11.8 Å².